The molecule has 2 aromatic rings. The fraction of sp³-hybridized carbons (Fsp3) is 0.524. The van der Waals surface area contributed by atoms with Crippen LogP contribution in [0, 0.1) is 12.8 Å². The Morgan fingerprint density at radius 3 is 2.81 bits per heavy atom. The third kappa shape index (κ3) is 3.54. The summed E-state index contributed by atoms with van der Waals surface area (Å²) in [6.45, 7) is 6.53. The summed E-state index contributed by atoms with van der Waals surface area (Å²) in [5.74, 6) is 2.66. The topological polar surface area (TPSA) is 35.5 Å². The normalized spacial score (nSPS) is 23.1. The monoisotopic (exact) mass is 351 g/mol. The molecule has 26 heavy (non-hydrogen) atoms. The van der Waals surface area contributed by atoms with E-state index >= 15 is 0 Å². The van der Waals surface area contributed by atoms with Crippen molar-refractivity contribution >= 4 is 11.8 Å². The minimum absolute atomic E-state index is 0.607. The molecule has 0 aliphatic carbocycles. The van der Waals surface area contributed by atoms with E-state index in [1.807, 2.05) is 31.3 Å². The number of nitrogens with zero attached hydrogens (tertiary/aromatic N) is 5. The van der Waals surface area contributed by atoms with Gasteiger partial charge in [0.25, 0.3) is 0 Å². The molecule has 5 nitrogen and oxygen atoms in total. The van der Waals surface area contributed by atoms with Crippen LogP contribution >= 0.6 is 0 Å². The van der Waals surface area contributed by atoms with Crippen molar-refractivity contribution in [3.63, 3.8) is 0 Å². The van der Waals surface area contributed by atoms with Gasteiger partial charge in [0, 0.05) is 46.0 Å². The molecule has 138 valence electrons. The van der Waals surface area contributed by atoms with Crippen LogP contribution in [-0.4, -0.2) is 54.6 Å². The molecule has 0 radical (unpaired) electrons. The number of hydrogen-bond acceptors (Lipinski definition) is 5. The van der Waals surface area contributed by atoms with E-state index < -0.39 is 0 Å². The summed E-state index contributed by atoms with van der Waals surface area (Å²) in [6, 6.07) is 11.5. The van der Waals surface area contributed by atoms with E-state index in [-0.39, 0.29) is 0 Å². The van der Waals surface area contributed by atoms with Gasteiger partial charge in [-0.3, -0.25) is 4.90 Å². The molecule has 2 aliphatic heterocycles. The smallest absolute Gasteiger partial charge is 0.227 e. The number of benzene rings is 1. The van der Waals surface area contributed by atoms with E-state index in [0.717, 1.165) is 37.3 Å². The van der Waals surface area contributed by atoms with Crippen molar-refractivity contribution in [3.05, 3.63) is 47.7 Å². The van der Waals surface area contributed by atoms with Gasteiger partial charge >= 0.3 is 0 Å². The van der Waals surface area contributed by atoms with Crippen LogP contribution in [-0.2, 0) is 6.54 Å². The Hall–Kier alpha value is -2.14. The largest absolute Gasteiger partial charge is 0.363 e. The maximum atomic E-state index is 4.75. The summed E-state index contributed by atoms with van der Waals surface area (Å²) in [7, 11) is 4.05. The number of aromatic nitrogens is 2. The molecule has 0 amide bonds. The third-order valence-electron chi connectivity index (χ3n) is 5.81. The van der Waals surface area contributed by atoms with E-state index in [9.17, 15) is 0 Å². The van der Waals surface area contributed by atoms with Crippen molar-refractivity contribution in [1.82, 2.24) is 14.9 Å². The molecule has 1 aromatic carbocycles. The predicted molar refractivity (Wildman–Crippen MR) is 107 cm³/mol. The molecule has 2 aliphatic rings. The molecule has 0 bridgehead atoms. The zero-order chi connectivity index (χ0) is 18.1. The summed E-state index contributed by atoms with van der Waals surface area (Å²) in [5, 5.41) is 0. The molecular weight excluding hydrogens is 322 g/mol. The molecule has 4 rings (SSSR count). The number of hydrogen-bond donors (Lipinski definition) is 0. The Labute approximate surface area is 156 Å². The maximum Gasteiger partial charge on any atom is 0.227 e. The average molecular weight is 351 g/mol. The van der Waals surface area contributed by atoms with Crippen LogP contribution in [0.5, 0.6) is 0 Å². The van der Waals surface area contributed by atoms with Gasteiger partial charge in [0.2, 0.25) is 5.95 Å². The Kier molecular flexibility index (Phi) is 4.81. The Morgan fingerprint density at radius 2 is 2.00 bits per heavy atom. The number of likely N-dealkylation sites (tertiary alicyclic amines) is 1. The van der Waals surface area contributed by atoms with E-state index in [2.05, 4.69) is 46.0 Å². The van der Waals surface area contributed by atoms with E-state index in [1.165, 1.54) is 30.5 Å². The van der Waals surface area contributed by atoms with Crippen LogP contribution < -0.4 is 9.80 Å². The molecule has 2 unspecified atom stereocenters. The van der Waals surface area contributed by atoms with Gasteiger partial charge < -0.3 is 9.80 Å². The van der Waals surface area contributed by atoms with Gasteiger partial charge in [-0.15, -0.1) is 0 Å². The van der Waals surface area contributed by atoms with E-state index in [4.69, 9.17) is 4.98 Å². The lowest BCUT2D eigenvalue weighted by Crippen LogP contribution is -2.48. The third-order valence-corrected chi connectivity index (χ3v) is 5.81. The second-order valence-electron chi connectivity index (χ2n) is 7.92. The Bertz CT molecular complexity index is 760. The second-order valence-corrected chi connectivity index (χ2v) is 7.92. The average Bonchev–Trinajstić information content (AvgIpc) is 3.04. The van der Waals surface area contributed by atoms with Crippen LogP contribution in [0.1, 0.15) is 24.0 Å². The number of aryl methyl sites for hydroxylation is 1. The van der Waals surface area contributed by atoms with Gasteiger partial charge in [-0.2, -0.15) is 4.98 Å². The summed E-state index contributed by atoms with van der Waals surface area (Å²) in [5.41, 5.74) is 2.77. The first-order valence-electron chi connectivity index (χ1n) is 9.65. The van der Waals surface area contributed by atoms with Crippen molar-refractivity contribution in [2.75, 3.05) is 43.5 Å². The van der Waals surface area contributed by atoms with Crippen molar-refractivity contribution in [3.8, 4) is 0 Å². The van der Waals surface area contributed by atoms with Crippen LogP contribution in [0.25, 0.3) is 0 Å². The summed E-state index contributed by atoms with van der Waals surface area (Å²) in [6.07, 6.45) is 4.44. The van der Waals surface area contributed by atoms with E-state index in [1.54, 1.807) is 0 Å². The van der Waals surface area contributed by atoms with Gasteiger partial charge in [-0.25, -0.2) is 4.98 Å². The highest BCUT2D eigenvalue weighted by atomic mass is 15.3. The zero-order valence-corrected chi connectivity index (χ0v) is 16.1. The lowest BCUT2D eigenvalue weighted by Gasteiger charge is -2.38. The minimum Gasteiger partial charge on any atom is -0.363 e. The lowest BCUT2D eigenvalue weighted by molar-refractivity contribution is 0.200. The number of fused-ring (bicyclic) bond motifs is 1. The zero-order valence-electron chi connectivity index (χ0n) is 16.1. The fourth-order valence-electron chi connectivity index (χ4n) is 4.39. The van der Waals surface area contributed by atoms with Gasteiger partial charge in [-0.05, 0) is 43.9 Å². The first kappa shape index (κ1) is 17.3. The van der Waals surface area contributed by atoms with Gasteiger partial charge in [-0.1, -0.05) is 29.8 Å². The maximum absolute atomic E-state index is 4.75. The van der Waals surface area contributed by atoms with Crippen LogP contribution in [0.4, 0.5) is 11.8 Å². The second kappa shape index (κ2) is 7.23. The van der Waals surface area contributed by atoms with Gasteiger partial charge in [0.05, 0.1) is 0 Å². The summed E-state index contributed by atoms with van der Waals surface area (Å²) in [4.78, 5) is 16.4. The molecule has 3 heterocycles. The van der Waals surface area contributed by atoms with E-state index in [0.29, 0.717) is 6.04 Å². The van der Waals surface area contributed by atoms with Crippen LogP contribution in [0.15, 0.2) is 36.5 Å². The summed E-state index contributed by atoms with van der Waals surface area (Å²) < 4.78 is 0. The fourth-order valence-corrected chi connectivity index (χ4v) is 4.39. The quantitative estimate of drug-likeness (QED) is 0.846. The Morgan fingerprint density at radius 1 is 1.15 bits per heavy atom. The Balaban J connectivity index is 1.49. The molecule has 0 N–H and O–H groups in total. The molecule has 5 heteroatoms. The van der Waals surface area contributed by atoms with Crippen LogP contribution in [0.2, 0.25) is 0 Å². The van der Waals surface area contributed by atoms with Crippen molar-refractivity contribution in [1.29, 1.82) is 0 Å². The first-order valence-corrected chi connectivity index (χ1v) is 9.65. The molecule has 0 spiro atoms. The number of piperidine rings is 1. The molecule has 2 saturated heterocycles. The number of anilines is 2. The van der Waals surface area contributed by atoms with Crippen molar-refractivity contribution in [2.24, 2.45) is 5.92 Å². The van der Waals surface area contributed by atoms with Crippen molar-refractivity contribution < 1.29 is 0 Å². The molecule has 0 saturated carbocycles. The molecule has 1 aromatic heterocycles. The van der Waals surface area contributed by atoms with Gasteiger partial charge in [0.1, 0.15) is 5.82 Å². The standard InChI is InChI=1S/C21H29N5/c1-16-5-4-6-17(13-16)14-25-11-8-18-9-12-26(15-19(18)25)21-22-10-7-20(23-21)24(2)3/h4-7,10,13,18-19H,8-9,11-12,14-15H2,1-3H3. The minimum atomic E-state index is 0.607. The highest BCUT2D eigenvalue weighted by Gasteiger charge is 2.38. The van der Waals surface area contributed by atoms with Crippen LogP contribution in [0.3, 0.4) is 0 Å². The van der Waals surface area contributed by atoms with Crippen molar-refractivity contribution in [2.45, 2.75) is 32.4 Å². The molecular formula is C21H29N5. The number of rotatable bonds is 4. The predicted octanol–water partition coefficient (Wildman–Crippen LogP) is 2.95. The van der Waals surface area contributed by atoms with Gasteiger partial charge in [0.15, 0.2) is 0 Å². The SMILES string of the molecule is Cc1cccc(CN2CCC3CCN(c4nccc(N(C)C)n4)CC32)c1. The first-order chi connectivity index (χ1) is 12.6. The highest BCUT2D eigenvalue weighted by molar-refractivity contribution is 5.43. The molecule has 2 atom stereocenters. The molecule has 2 fully saturated rings. The highest BCUT2D eigenvalue weighted by Crippen LogP contribution is 2.34. The summed E-state index contributed by atoms with van der Waals surface area (Å²) >= 11 is 0. The lowest BCUT2D eigenvalue weighted by atomic mass is 9.92.